The Balaban J connectivity index is 2.08. The van der Waals surface area contributed by atoms with Crippen molar-refractivity contribution < 1.29 is 9.66 Å². The van der Waals surface area contributed by atoms with Gasteiger partial charge in [-0.1, -0.05) is 30.1 Å². The summed E-state index contributed by atoms with van der Waals surface area (Å²) >= 11 is 12.1. The molecule has 7 heteroatoms. The van der Waals surface area contributed by atoms with Crippen LogP contribution < -0.4 is 5.32 Å². The number of nitrogens with zero attached hydrogens (tertiary/aromatic N) is 1. The lowest BCUT2D eigenvalue weighted by Crippen LogP contribution is -2.23. The summed E-state index contributed by atoms with van der Waals surface area (Å²) in [5, 5.41) is 14.4. The SMILES string of the molecule is CCC1OCCC1CNc1c(Cl)cc([N+](=O)[O-])cc1Cl. The number of halogens is 2. The van der Waals surface area contributed by atoms with E-state index in [0.717, 1.165) is 19.4 Å². The molecule has 110 valence electrons. The predicted octanol–water partition coefficient (Wildman–Crippen LogP) is 4.13. The Labute approximate surface area is 127 Å². The molecular formula is C13H16Cl2N2O3. The van der Waals surface area contributed by atoms with Gasteiger partial charge in [0.2, 0.25) is 0 Å². The summed E-state index contributed by atoms with van der Waals surface area (Å²) in [5.41, 5.74) is 0.432. The molecule has 0 aliphatic carbocycles. The molecule has 5 nitrogen and oxygen atoms in total. The van der Waals surface area contributed by atoms with Crippen LogP contribution in [0.25, 0.3) is 0 Å². The lowest BCUT2D eigenvalue weighted by Gasteiger charge is -2.19. The topological polar surface area (TPSA) is 64.4 Å². The highest BCUT2D eigenvalue weighted by atomic mass is 35.5. The zero-order valence-corrected chi connectivity index (χ0v) is 12.6. The van der Waals surface area contributed by atoms with Gasteiger partial charge in [0.25, 0.3) is 5.69 Å². The second-order valence-electron chi connectivity index (χ2n) is 4.79. The van der Waals surface area contributed by atoms with Gasteiger partial charge < -0.3 is 10.1 Å². The Kier molecular flexibility index (Phi) is 5.07. The number of nitro benzene ring substituents is 1. The van der Waals surface area contributed by atoms with Crippen molar-refractivity contribution in [3.05, 3.63) is 32.3 Å². The van der Waals surface area contributed by atoms with Gasteiger partial charge in [-0.05, 0) is 12.8 Å². The van der Waals surface area contributed by atoms with E-state index in [2.05, 4.69) is 12.2 Å². The van der Waals surface area contributed by atoms with Crippen LogP contribution in [0.4, 0.5) is 11.4 Å². The number of non-ortho nitro benzene ring substituents is 1. The molecule has 1 heterocycles. The van der Waals surface area contributed by atoms with E-state index in [9.17, 15) is 10.1 Å². The van der Waals surface area contributed by atoms with Gasteiger partial charge in [0.15, 0.2) is 0 Å². The first-order chi connectivity index (χ1) is 9.52. The number of nitro groups is 1. The number of ether oxygens (including phenoxy) is 1. The monoisotopic (exact) mass is 318 g/mol. The number of nitrogens with one attached hydrogen (secondary N) is 1. The molecule has 1 N–H and O–H groups in total. The quantitative estimate of drug-likeness (QED) is 0.655. The van der Waals surface area contributed by atoms with E-state index in [0.29, 0.717) is 18.2 Å². The Bertz CT molecular complexity index is 487. The Morgan fingerprint density at radius 2 is 2.10 bits per heavy atom. The fourth-order valence-corrected chi connectivity index (χ4v) is 3.05. The zero-order chi connectivity index (χ0) is 14.7. The van der Waals surface area contributed by atoms with Crippen LogP contribution in [-0.2, 0) is 4.74 Å². The van der Waals surface area contributed by atoms with E-state index in [1.54, 1.807) is 0 Å². The maximum Gasteiger partial charge on any atom is 0.272 e. The van der Waals surface area contributed by atoms with Gasteiger partial charge in [-0.3, -0.25) is 10.1 Å². The zero-order valence-electron chi connectivity index (χ0n) is 11.1. The van der Waals surface area contributed by atoms with Crippen molar-refractivity contribution >= 4 is 34.6 Å². The molecule has 1 aromatic carbocycles. The molecule has 1 aromatic rings. The number of hydrogen-bond acceptors (Lipinski definition) is 4. The van der Waals surface area contributed by atoms with Crippen LogP contribution in [0.15, 0.2) is 12.1 Å². The summed E-state index contributed by atoms with van der Waals surface area (Å²) in [6, 6.07) is 2.61. The highest BCUT2D eigenvalue weighted by Gasteiger charge is 2.27. The average Bonchev–Trinajstić information content (AvgIpc) is 2.84. The van der Waals surface area contributed by atoms with Crippen LogP contribution in [0.3, 0.4) is 0 Å². The van der Waals surface area contributed by atoms with Crippen molar-refractivity contribution in [3.8, 4) is 0 Å². The molecule has 0 spiro atoms. The normalized spacial score (nSPS) is 21.9. The summed E-state index contributed by atoms with van der Waals surface area (Å²) in [6.45, 7) is 3.55. The minimum Gasteiger partial charge on any atom is -0.382 e. The third-order valence-corrected chi connectivity index (χ3v) is 4.12. The van der Waals surface area contributed by atoms with Gasteiger partial charge in [-0.15, -0.1) is 0 Å². The molecule has 1 fully saturated rings. The van der Waals surface area contributed by atoms with Crippen molar-refractivity contribution in [3.63, 3.8) is 0 Å². The van der Waals surface area contributed by atoms with Crippen LogP contribution in [0.1, 0.15) is 19.8 Å². The maximum absolute atomic E-state index is 10.7. The summed E-state index contributed by atoms with van der Waals surface area (Å²) in [7, 11) is 0. The number of benzene rings is 1. The standard InChI is InChI=1S/C13H16Cl2N2O3/c1-2-12-8(3-4-20-12)7-16-13-10(14)5-9(17(18)19)6-11(13)15/h5-6,8,12,16H,2-4,7H2,1H3. The molecule has 0 radical (unpaired) electrons. The van der Waals surface area contributed by atoms with Crippen molar-refractivity contribution in [2.24, 2.45) is 5.92 Å². The highest BCUT2D eigenvalue weighted by Crippen LogP contribution is 2.35. The molecule has 0 amide bonds. The average molecular weight is 319 g/mol. The molecule has 0 aromatic heterocycles. The van der Waals surface area contributed by atoms with Crippen molar-refractivity contribution in [2.75, 3.05) is 18.5 Å². The van der Waals surface area contributed by atoms with E-state index >= 15 is 0 Å². The fraction of sp³-hybridized carbons (Fsp3) is 0.538. The van der Waals surface area contributed by atoms with Gasteiger partial charge in [-0.25, -0.2) is 0 Å². The Morgan fingerprint density at radius 3 is 2.65 bits per heavy atom. The number of rotatable bonds is 5. The van der Waals surface area contributed by atoms with Gasteiger partial charge in [0.1, 0.15) is 0 Å². The van der Waals surface area contributed by atoms with Crippen molar-refractivity contribution in [1.82, 2.24) is 0 Å². The fourth-order valence-electron chi connectivity index (χ4n) is 2.44. The second kappa shape index (κ2) is 6.61. The Morgan fingerprint density at radius 1 is 1.45 bits per heavy atom. The van der Waals surface area contributed by atoms with E-state index in [1.165, 1.54) is 12.1 Å². The van der Waals surface area contributed by atoms with Gasteiger partial charge in [0.05, 0.1) is 26.8 Å². The minimum atomic E-state index is -0.514. The second-order valence-corrected chi connectivity index (χ2v) is 5.60. The predicted molar refractivity (Wildman–Crippen MR) is 79.7 cm³/mol. The third kappa shape index (κ3) is 3.34. The molecule has 1 saturated heterocycles. The van der Waals surface area contributed by atoms with E-state index in [4.69, 9.17) is 27.9 Å². The smallest absolute Gasteiger partial charge is 0.272 e. The lowest BCUT2D eigenvalue weighted by atomic mass is 9.99. The minimum absolute atomic E-state index is 0.110. The Hall–Kier alpha value is -1.04. The number of hydrogen-bond donors (Lipinski definition) is 1. The summed E-state index contributed by atoms with van der Waals surface area (Å²) in [4.78, 5) is 10.2. The molecular weight excluding hydrogens is 303 g/mol. The van der Waals surface area contributed by atoms with Gasteiger partial charge >= 0.3 is 0 Å². The lowest BCUT2D eigenvalue weighted by molar-refractivity contribution is -0.384. The van der Waals surface area contributed by atoms with E-state index < -0.39 is 4.92 Å². The first kappa shape index (κ1) is 15.4. The van der Waals surface area contributed by atoms with Crippen LogP contribution in [0.2, 0.25) is 10.0 Å². The van der Waals surface area contributed by atoms with Crippen LogP contribution in [0.5, 0.6) is 0 Å². The molecule has 20 heavy (non-hydrogen) atoms. The molecule has 2 unspecified atom stereocenters. The highest BCUT2D eigenvalue weighted by molar-refractivity contribution is 6.39. The van der Waals surface area contributed by atoms with E-state index in [1.807, 2.05) is 0 Å². The van der Waals surface area contributed by atoms with Crippen LogP contribution >= 0.6 is 23.2 Å². The largest absolute Gasteiger partial charge is 0.382 e. The first-order valence-corrected chi connectivity index (χ1v) is 7.27. The maximum atomic E-state index is 10.7. The molecule has 0 bridgehead atoms. The van der Waals surface area contributed by atoms with Crippen molar-refractivity contribution in [2.45, 2.75) is 25.9 Å². The molecule has 2 rings (SSSR count). The van der Waals surface area contributed by atoms with Crippen LogP contribution in [0, 0.1) is 16.0 Å². The van der Waals surface area contributed by atoms with E-state index in [-0.39, 0.29) is 21.8 Å². The third-order valence-electron chi connectivity index (χ3n) is 3.53. The van der Waals surface area contributed by atoms with Gasteiger partial charge in [0, 0.05) is 31.2 Å². The van der Waals surface area contributed by atoms with Crippen LogP contribution in [-0.4, -0.2) is 24.2 Å². The molecule has 2 atom stereocenters. The van der Waals surface area contributed by atoms with Crippen molar-refractivity contribution in [1.29, 1.82) is 0 Å². The summed E-state index contributed by atoms with van der Waals surface area (Å²) in [5.74, 6) is 0.405. The number of anilines is 1. The van der Waals surface area contributed by atoms with Gasteiger partial charge in [-0.2, -0.15) is 0 Å². The molecule has 0 saturated carbocycles. The first-order valence-electron chi connectivity index (χ1n) is 6.51. The summed E-state index contributed by atoms with van der Waals surface area (Å²) in [6.07, 6.45) is 2.21. The molecule has 1 aliphatic heterocycles. The molecule has 1 aliphatic rings. The summed E-state index contributed by atoms with van der Waals surface area (Å²) < 4.78 is 5.62.